The standard InChI is InChI=1S/C26H26F2N6O3/c1-37-12-11-33-14-18(17-7-8-19(27)20(28)13-17)21(15-33)30-26(36)32-23-22(16-5-3-2-4-6-16)31-24-25(35)29-9-10-34(23)24/h2-10,13,18,21H,11-12,14-15H2,1H3,(H,29,35)(H2,30,32,36)/t18-,21+/m0/s1. The van der Waals surface area contributed by atoms with Crippen molar-refractivity contribution in [2.24, 2.45) is 0 Å². The van der Waals surface area contributed by atoms with Gasteiger partial charge in [0.1, 0.15) is 11.5 Å². The van der Waals surface area contributed by atoms with Gasteiger partial charge in [-0.25, -0.2) is 18.6 Å². The first-order valence-corrected chi connectivity index (χ1v) is 11.8. The number of aromatic amines is 1. The number of nitrogens with one attached hydrogen (secondary N) is 3. The maximum atomic E-state index is 14.0. The number of carbonyl (C=O) groups excluding carboxylic acids is 1. The fraction of sp³-hybridized carbons (Fsp3) is 0.269. The van der Waals surface area contributed by atoms with E-state index in [1.54, 1.807) is 19.4 Å². The van der Waals surface area contributed by atoms with Gasteiger partial charge in [0.05, 0.1) is 12.6 Å². The lowest BCUT2D eigenvalue weighted by Crippen LogP contribution is -2.42. The molecular formula is C26H26F2N6O3. The van der Waals surface area contributed by atoms with Crippen molar-refractivity contribution in [1.29, 1.82) is 0 Å². The quantitative estimate of drug-likeness (QED) is 0.356. The Bertz CT molecular complexity index is 1470. The van der Waals surface area contributed by atoms with Gasteiger partial charge in [0.25, 0.3) is 5.56 Å². The normalized spacial score (nSPS) is 17.8. The second-order valence-electron chi connectivity index (χ2n) is 8.90. The number of imidazole rings is 1. The molecule has 0 aliphatic carbocycles. The molecule has 0 saturated carbocycles. The first-order valence-electron chi connectivity index (χ1n) is 11.8. The Morgan fingerprint density at radius 1 is 1.16 bits per heavy atom. The van der Waals surface area contributed by atoms with Crippen LogP contribution in [0.2, 0.25) is 0 Å². The Balaban J connectivity index is 1.43. The molecule has 3 N–H and O–H groups in total. The lowest BCUT2D eigenvalue weighted by atomic mass is 9.94. The van der Waals surface area contributed by atoms with Crippen molar-refractivity contribution in [2.75, 3.05) is 38.7 Å². The van der Waals surface area contributed by atoms with Crippen LogP contribution < -0.4 is 16.2 Å². The molecule has 37 heavy (non-hydrogen) atoms. The third-order valence-electron chi connectivity index (χ3n) is 6.53. The van der Waals surface area contributed by atoms with Crippen molar-refractivity contribution in [3.8, 4) is 11.3 Å². The zero-order valence-electron chi connectivity index (χ0n) is 20.1. The number of benzene rings is 2. The Morgan fingerprint density at radius 2 is 1.97 bits per heavy atom. The van der Waals surface area contributed by atoms with Crippen molar-refractivity contribution in [2.45, 2.75) is 12.0 Å². The number of nitrogens with zero attached hydrogens (tertiary/aromatic N) is 3. The van der Waals surface area contributed by atoms with Gasteiger partial charge in [-0.2, -0.15) is 0 Å². The number of urea groups is 1. The molecule has 1 aliphatic rings. The molecule has 3 heterocycles. The molecule has 2 amide bonds. The molecule has 11 heteroatoms. The van der Waals surface area contributed by atoms with Crippen LogP contribution in [-0.2, 0) is 4.74 Å². The van der Waals surface area contributed by atoms with Gasteiger partial charge in [0, 0.05) is 50.6 Å². The van der Waals surface area contributed by atoms with E-state index in [-0.39, 0.29) is 17.6 Å². The number of aromatic nitrogens is 3. The number of amides is 2. The predicted molar refractivity (Wildman–Crippen MR) is 135 cm³/mol. The largest absolute Gasteiger partial charge is 0.383 e. The fourth-order valence-electron chi connectivity index (χ4n) is 4.73. The van der Waals surface area contributed by atoms with Crippen LogP contribution in [-0.4, -0.2) is 64.7 Å². The number of anilines is 1. The van der Waals surface area contributed by atoms with E-state index in [1.165, 1.54) is 16.7 Å². The molecule has 192 valence electrons. The summed E-state index contributed by atoms with van der Waals surface area (Å²) in [5.41, 5.74) is 1.51. The maximum absolute atomic E-state index is 14.0. The van der Waals surface area contributed by atoms with Crippen LogP contribution >= 0.6 is 0 Å². The highest BCUT2D eigenvalue weighted by molar-refractivity contribution is 5.93. The zero-order chi connectivity index (χ0) is 25.9. The minimum Gasteiger partial charge on any atom is -0.383 e. The third-order valence-corrected chi connectivity index (χ3v) is 6.53. The number of hydrogen-bond donors (Lipinski definition) is 3. The number of H-pyrrole nitrogens is 1. The highest BCUT2D eigenvalue weighted by atomic mass is 19.2. The summed E-state index contributed by atoms with van der Waals surface area (Å²) in [4.78, 5) is 34.8. The van der Waals surface area contributed by atoms with Crippen LogP contribution in [0.4, 0.5) is 19.4 Å². The van der Waals surface area contributed by atoms with E-state index in [4.69, 9.17) is 4.74 Å². The molecule has 5 rings (SSSR count). The molecule has 1 saturated heterocycles. The van der Waals surface area contributed by atoms with Gasteiger partial charge in [0.2, 0.25) is 5.65 Å². The maximum Gasteiger partial charge on any atom is 0.320 e. The molecule has 0 unspecified atom stereocenters. The minimum atomic E-state index is -0.931. The van der Waals surface area contributed by atoms with E-state index in [0.29, 0.717) is 43.3 Å². The molecule has 2 atom stereocenters. The summed E-state index contributed by atoms with van der Waals surface area (Å²) in [5.74, 6) is -1.78. The molecule has 0 radical (unpaired) electrons. The summed E-state index contributed by atoms with van der Waals surface area (Å²) >= 11 is 0. The first kappa shape index (κ1) is 24.6. The van der Waals surface area contributed by atoms with Gasteiger partial charge in [-0.05, 0) is 17.7 Å². The second-order valence-corrected chi connectivity index (χ2v) is 8.90. The topological polar surface area (TPSA) is 104 Å². The van der Waals surface area contributed by atoms with Crippen molar-refractivity contribution in [1.82, 2.24) is 24.6 Å². The van der Waals surface area contributed by atoms with E-state index in [0.717, 1.165) is 11.6 Å². The van der Waals surface area contributed by atoms with Crippen LogP contribution in [0.25, 0.3) is 16.9 Å². The summed E-state index contributed by atoms with van der Waals surface area (Å²) in [7, 11) is 1.61. The van der Waals surface area contributed by atoms with Gasteiger partial charge >= 0.3 is 6.03 Å². The highest BCUT2D eigenvalue weighted by Gasteiger charge is 2.35. The summed E-state index contributed by atoms with van der Waals surface area (Å²) in [5, 5.41) is 5.85. The van der Waals surface area contributed by atoms with Gasteiger partial charge in [-0.3, -0.25) is 19.4 Å². The molecule has 4 aromatic rings. The number of methoxy groups -OCH3 is 1. The van der Waals surface area contributed by atoms with Gasteiger partial charge in [0.15, 0.2) is 11.6 Å². The van der Waals surface area contributed by atoms with E-state index in [2.05, 4.69) is 25.5 Å². The van der Waals surface area contributed by atoms with Crippen LogP contribution in [0, 0.1) is 11.6 Å². The fourth-order valence-corrected chi connectivity index (χ4v) is 4.73. The number of halogens is 2. The molecule has 0 spiro atoms. The van der Waals surface area contributed by atoms with E-state index in [9.17, 15) is 18.4 Å². The van der Waals surface area contributed by atoms with Crippen molar-refractivity contribution < 1.29 is 18.3 Å². The molecule has 9 nitrogen and oxygen atoms in total. The smallest absolute Gasteiger partial charge is 0.320 e. The third kappa shape index (κ3) is 5.09. The molecular weight excluding hydrogens is 482 g/mol. The Morgan fingerprint density at radius 3 is 2.73 bits per heavy atom. The average Bonchev–Trinajstić information content (AvgIpc) is 3.47. The van der Waals surface area contributed by atoms with Crippen LogP contribution in [0.1, 0.15) is 11.5 Å². The lowest BCUT2D eigenvalue weighted by Gasteiger charge is -2.21. The van der Waals surface area contributed by atoms with Crippen LogP contribution in [0.15, 0.2) is 65.7 Å². The van der Waals surface area contributed by atoms with E-state index in [1.807, 2.05) is 30.3 Å². The summed E-state index contributed by atoms with van der Waals surface area (Å²) in [6.07, 6.45) is 3.08. The molecule has 1 fully saturated rings. The molecule has 2 aromatic carbocycles. The Labute approximate surface area is 211 Å². The number of carbonyl (C=O) groups is 1. The van der Waals surface area contributed by atoms with Gasteiger partial charge in [-0.15, -0.1) is 0 Å². The zero-order valence-corrected chi connectivity index (χ0v) is 20.1. The Hall–Kier alpha value is -4.09. The summed E-state index contributed by atoms with van der Waals surface area (Å²) in [6.45, 7) is 2.17. The number of hydrogen-bond acceptors (Lipinski definition) is 5. The van der Waals surface area contributed by atoms with Crippen LogP contribution in [0.5, 0.6) is 0 Å². The monoisotopic (exact) mass is 508 g/mol. The number of ether oxygens (including phenoxy) is 1. The van der Waals surface area contributed by atoms with Crippen molar-refractivity contribution >= 4 is 17.5 Å². The predicted octanol–water partition coefficient (Wildman–Crippen LogP) is 3.20. The lowest BCUT2D eigenvalue weighted by molar-refractivity contribution is 0.159. The second kappa shape index (κ2) is 10.5. The number of rotatable bonds is 7. The molecule has 1 aliphatic heterocycles. The van der Waals surface area contributed by atoms with Crippen molar-refractivity contribution in [3.63, 3.8) is 0 Å². The molecule has 0 bridgehead atoms. The average molecular weight is 509 g/mol. The van der Waals surface area contributed by atoms with E-state index < -0.39 is 23.2 Å². The SMILES string of the molecule is COCCN1C[C@@H](NC(=O)Nc2c(-c3ccccc3)nc3c(=O)[nH]ccn23)[C@H](c2ccc(F)c(F)c2)C1. The number of fused-ring (bicyclic) bond motifs is 1. The summed E-state index contributed by atoms with van der Waals surface area (Å²) < 4.78 is 34.3. The van der Waals surface area contributed by atoms with Crippen LogP contribution in [0.3, 0.4) is 0 Å². The highest BCUT2D eigenvalue weighted by Crippen LogP contribution is 2.30. The number of likely N-dealkylation sites (tertiary alicyclic amines) is 1. The minimum absolute atomic E-state index is 0.142. The van der Waals surface area contributed by atoms with Gasteiger partial charge < -0.3 is 15.0 Å². The van der Waals surface area contributed by atoms with Crippen molar-refractivity contribution in [3.05, 3.63) is 88.5 Å². The first-order chi connectivity index (χ1) is 17.9. The van der Waals surface area contributed by atoms with Gasteiger partial charge in [-0.1, -0.05) is 36.4 Å². The molecule has 2 aromatic heterocycles. The Kier molecular flexibility index (Phi) is 6.97. The summed E-state index contributed by atoms with van der Waals surface area (Å²) in [6, 6.07) is 12.1. The van der Waals surface area contributed by atoms with E-state index >= 15 is 0 Å².